The third-order valence-corrected chi connectivity index (χ3v) is 9.95. The highest BCUT2D eigenvalue weighted by atomic mass is 35.5. The van der Waals surface area contributed by atoms with Crippen LogP contribution in [0.1, 0.15) is 62.1 Å². The Labute approximate surface area is 254 Å². The first-order valence-corrected chi connectivity index (χ1v) is 16.4. The van der Waals surface area contributed by atoms with E-state index in [0.29, 0.717) is 11.4 Å². The molecule has 3 aromatic carbocycles. The van der Waals surface area contributed by atoms with Crippen LogP contribution in [0.2, 0.25) is 5.02 Å². The van der Waals surface area contributed by atoms with E-state index in [1.165, 1.54) is 23.1 Å². The number of aryl methyl sites for hydroxylation is 2. The fourth-order valence-electron chi connectivity index (χ4n) is 5.43. The highest BCUT2D eigenvalue weighted by Crippen LogP contribution is 2.27. The maximum absolute atomic E-state index is 14.3. The summed E-state index contributed by atoms with van der Waals surface area (Å²) in [5.41, 5.74) is 3.06. The molecule has 224 valence electrons. The zero-order valence-corrected chi connectivity index (χ0v) is 26.1. The standard InChI is InChI=1S/C33H40ClN3O4S/c1-4-31(33(39)35-28-14-6-5-7-15-28)36(22-26-12-9-8-11-25(26)3)32(38)23-37(29-16-10-13-27(34)21-29)42(40,41)30-19-17-24(2)18-20-30/h8-13,16-21,28,31H,4-7,14-15,22-23H2,1-3H3,(H,35,39). The van der Waals surface area contributed by atoms with Crippen LogP contribution in [-0.2, 0) is 26.2 Å². The number of halogens is 1. The molecule has 0 heterocycles. The number of benzene rings is 3. The molecule has 9 heteroatoms. The van der Waals surface area contributed by atoms with Gasteiger partial charge in [0.1, 0.15) is 12.6 Å². The number of amides is 2. The van der Waals surface area contributed by atoms with Crippen molar-refractivity contribution in [3.05, 3.63) is 94.5 Å². The summed E-state index contributed by atoms with van der Waals surface area (Å²) in [4.78, 5) is 29.5. The third kappa shape index (κ3) is 7.72. The van der Waals surface area contributed by atoms with E-state index in [1.54, 1.807) is 30.3 Å². The van der Waals surface area contributed by atoms with Gasteiger partial charge < -0.3 is 10.2 Å². The highest BCUT2D eigenvalue weighted by molar-refractivity contribution is 7.92. The van der Waals surface area contributed by atoms with E-state index < -0.39 is 28.5 Å². The quantitative estimate of drug-likeness (QED) is 0.272. The second-order valence-electron chi connectivity index (χ2n) is 11.0. The molecular formula is C33H40ClN3O4S. The van der Waals surface area contributed by atoms with Crippen LogP contribution in [0, 0.1) is 13.8 Å². The molecule has 0 spiro atoms. The Morgan fingerprint density at radius 1 is 0.952 bits per heavy atom. The Bertz CT molecular complexity index is 1490. The van der Waals surface area contributed by atoms with Gasteiger partial charge in [-0.3, -0.25) is 13.9 Å². The minimum Gasteiger partial charge on any atom is -0.352 e. The van der Waals surface area contributed by atoms with E-state index >= 15 is 0 Å². The number of rotatable bonds is 11. The van der Waals surface area contributed by atoms with Crippen LogP contribution >= 0.6 is 11.6 Å². The molecule has 7 nitrogen and oxygen atoms in total. The van der Waals surface area contributed by atoms with Crippen LogP contribution in [0.25, 0.3) is 0 Å². The molecule has 1 atom stereocenters. The fourth-order valence-corrected chi connectivity index (χ4v) is 7.02. The molecule has 0 bridgehead atoms. The van der Waals surface area contributed by atoms with E-state index in [0.717, 1.165) is 53.1 Å². The normalized spacial score (nSPS) is 14.7. The van der Waals surface area contributed by atoms with Crippen molar-refractivity contribution in [3.63, 3.8) is 0 Å². The molecule has 1 aliphatic carbocycles. The number of carbonyl (C=O) groups is 2. The van der Waals surface area contributed by atoms with Crippen LogP contribution in [0.4, 0.5) is 5.69 Å². The zero-order valence-electron chi connectivity index (χ0n) is 24.6. The largest absolute Gasteiger partial charge is 0.352 e. The molecule has 0 aliphatic heterocycles. The minimum atomic E-state index is -4.15. The molecule has 2 amide bonds. The number of anilines is 1. The summed E-state index contributed by atoms with van der Waals surface area (Å²) < 4.78 is 29.1. The second-order valence-corrected chi connectivity index (χ2v) is 13.3. The van der Waals surface area contributed by atoms with Gasteiger partial charge in [-0.15, -0.1) is 0 Å². The molecule has 1 N–H and O–H groups in total. The lowest BCUT2D eigenvalue weighted by Crippen LogP contribution is -2.54. The summed E-state index contributed by atoms with van der Waals surface area (Å²) in [5, 5.41) is 3.52. The van der Waals surface area contributed by atoms with Crippen LogP contribution in [0.3, 0.4) is 0 Å². The Kier molecular flexibility index (Phi) is 10.7. The Morgan fingerprint density at radius 3 is 2.29 bits per heavy atom. The molecule has 1 fully saturated rings. The summed E-state index contributed by atoms with van der Waals surface area (Å²) in [6, 6.07) is 20.0. The molecule has 0 saturated heterocycles. The first-order chi connectivity index (χ1) is 20.1. The average Bonchev–Trinajstić information content (AvgIpc) is 2.97. The van der Waals surface area contributed by atoms with Crippen molar-refractivity contribution in [2.75, 3.05) is 10.8 Å². The van der Waals surface area contributed by atoms with Gasteiger partial charge in [0.25, 0.3) is 10.0 Å². The van der Waals surface area contributed by atoms with Gasteiger partial charge in [-0.1, -0.05) is 85.8 Å². The van der Waals surface area contributed by atoms with Crippen LogP contribution < -0.4 is 9.62 Å². The lowest BCUT2D eigenvalue weighted by Gasteiger charge is -2.34. The number of hydrogen-bond acceptors (Lipinski definition) is 4. The predicted octanol–water partition coefficient (Wildman–Crippen LogP) is 6.41. The number of sulfonamides is 1. The Hall–Kier alpha value is -3.36. The van der Waals surface area contributed by atoms with Gasteiger partial charge in [-0.25, -0.2) is 8.42 Å². The molecule has 1 aliphatic rings. The Balaban J connectivity index is 1.71. The summed E-state index contributed by atoms with van der Waals surface area (Å²) in [5.74, 6) is -0.679. The maximum atomic E-state index is 14.3. The molecule has 1 unspecified atom stereocenters. The SMILES string of the molecule is CCC(C(=O)NC1CCCCC1)N(Cc1ccccc1C)C(=O)CN(c1cccc(Cl)c1)S(=O)(=O)c1ccc(C)cc1. The average molecular weight is 610 g/mol. The molecule has 0 radical (unpaired) electrons. The van der Waals surface area contributed by atoms with E-state index in [-0.39, 0.29) is 29.1 Å². The second kappa shape index (κ2) is 14.2. The number of nitrogens with one attached hydrogen (secondary N) is 1. The summed E-state index contributed by atoms with van der Waals surface area (Å²) in [7, 11) is -4.15. The van der Waals surface area contributed by atoms with E-state index in [4.69, 9.17) is 11.6 Å². The van der Waals surface area contributed by atoms with Crippen LogP contribution in [0.15, 0.2) is 77.7 Å². The minimum absolute atomic E-state index is 0.0633. The first kappa shape index (κ1) is 31.6. The lowest BCUT2D eigenvalue weighted by molar-refractivity contribution is -0.140. The molecule has 4 rings (SSSR count). The summed E-state index contributed by atoms with van der Waals surface area (Å²) >= 11 is 6.27. The van der Waals surface area contributed by atoms with E-state index in [9.17, 15) is 18.0 Å². The summed E-state index contributed by atoms with van der Waals surface area (Å²) in [6.07, 6.45) is 5.53. The van der Waals surface area contributed by atoms with Crippen LogP contribution in [-0.4, -0.2) is 43.8 Å². The van der Waals surface area contributed by atoms with Crippen molar-refractivity contribution >= 4 is 39.1 Å². The third-order valence-electron chi connectivity index (χ3n) is 7.92. The van der Waals surface area contributed by atoms with Gasteiger partial charge in [0, 0.05) is 17.6 Å². The molecule has 42 heavy (non-hydrogen) atoms. The van der Waals surface area contributed by atoms with Gasteiger partial charge in [-0.2, -0.15) is 0 Å². The highest BCUT2D eigenvalue weighted by Gasteiger charge is 2.34. The number of nitrogens with zero attached hydrogens (tertiary/aromatic N) is 2. The zero-order chi connectivity index (χ0) is 30.3. The van der Waals surface area contributed by atoms with E-state index in [2.05, 4.69) is 5.32 Å². The van der Waals surface area contributed by atoms with Gasteiger partial charge in [0.05, 0.1) is 10.6 Å². The molecule has 0 aromatic heterocycles. The van der Waals surface area contributed by atoms with Gasteiger partial charge >= 0.3 is 0 Å². The predicted molar refractivity (Wildman–Crippen MR) is 168 cm³/mol. The van der Waals surface area contributed by atoms with Crippen molar-refractivity contribution in [2.45, 2.75) is 82.8 Å². The van der Waals surface area contributed by atoms with Crippen molar-refractivity contribution in [3.8, 4) is 0 Å². The van der Waals surface area contributed by atoms with Gasteiger partial charge in [-0.05, 0) is 74.6 Å². The molecule has 1 saturated carbocycles. The van der Waals surface area contributed by atoms with Crippen molar-refractivity contribution in [2.24, 2.45) is 0 Å². The lowest BCUT2D eigenvalue weighted by atomic mass is 9.95. The monoisotopic (exact) mass is 609 g/mol. The van der Waals surface area contributed by atoms with Gasteiger partial charge in [0.15, 0.2) is 0 Å². The molecule has 3 aromatic rings. The maximum Gasteiger partial charge on any atom is 0.264 e. The Morgan fingerprint density at radius 2 is 1.64 bits per heavy atom. The number of carbonyl (C=O) groups excluding carboxylic acids is 2. The van der Waals surface area contributed by atoms with Crippen molar-refractivity contribution in [1.29, 1.82) is 0 Å². The first-order valence-electron chi connectivity index (χ1n) is 14.6. The molecular weight excluding hydrogens is 570 g/mol. The topological polar surface area (TPSA) is 86.8 Å². The van der Waals surface area contributed by atoms with Crippen LogP contribution in [0.5, 0.6) is 0 Å². The van der Waals surface area contributed by atoms with Crippen molar-refractivity contribution < 1.29 is 18.0 Å². The summed E-state index contributed by atoms with van der Waals surface area (Å²) in [6.45, 7) is 5.40. The van der Waals surface area contributed by atoms with E-state index in [1.807, 2.05) is 45.0 Å². The van der Waals surface area contributed by atoms with Gasteiger partial charge in [0.2, 0.25) is 11.8 Å². The number of hydrogen-bond donors (Lipinski definition) is 1. The van der Waals surface area contributed by atoms with Crippen molar-refractivity contribution in [1.82, 2.24) is 10.2 Å². The fraction of sp³-hybridized carbons (Fsp3) is 0.394. The smallest absolute Gasteiger partial charge is 0.264 e.